The molecule has 0 aromatic carbocycles. The van der Waals surface area contributed by atoms with Crippen molar-refractivity contribution < 1.29 is 0 Å². The Balaban J connectivity index is 0.00000196. The maximum atomic E-state index is 2.31. The number of thioether (sulfide) groups is 2. The summed E-state index contributed by atoms with van der Waals surface area (Å²) in [6, 6.07) is 0. The SMILES string of the molecule is CCCCC1(CCCC)SCCCS1.[SnH4]. The van der Waals surface area contributed by atoms with Gasteiger partial charge in [0.15, 0.2) is 0 Å². The van der Waals surface area contributed by atoms with Gasteiger partial charge in [0.05, 0.1) is 4.08 Å². The Labute approximate surface area is 121 Å². The van der Waals surface area contributed by atoms with Gasteiger partial charge in [-0.15, -0.1) is 23.5 Å². The van der Waals surface area contributed by atoms with Crippen molar-refractivity contribution in [1.82, 2.24) is 0 Å². The van der Waals surface area contributed by atoms with E-state index in [2.05, 4.69) is 37.4 Å². The minimum atomic E-state index is 0. The number of hydrogen-bond acceptors (Lipinski definition) is 2. The molecule has 0 spiro atoms. The average Bonchev–Trinajstić information content (AvgIpc) is 2.25. The van der Waals surface area contributed by atoms with Crippen LogP contribution in [0.5, 0.6) is 0 Å². The third-order valence-electron chi connectivity index (χ3n) is 2.84. The third-order valence-corrected chi connectivity index (χ3v) is 6.40. The fourth-order valence-corrected chi connectivity index (χ4v) is 5.41. The van der Waals surface area contributed by atoms with Crippen LogP contribution in [0.3, 0.4) is 0 Å². The van der Waals surface area contributed by atoms with Crippen LogP contribution in [0.2, 0.25) is 0 Å². The fraction of sp³-hybridized carbons (Fsp3) is 1.00. The van der Waals surface area contributed by atoms with Crippen molar-refractivity contribution in [2.24, 2.45) is 0 Å². The van der Waals surface area contributed by atoms with Crippen molar-refractivity contribution in [2.75, 3.05) is 11.5 Å². The van der Waals surface area contributed by atoms with E-state index in [4.69, 9.17) is 0 Å². The van der Waals surface area contributed by atoms with E-state index in [0.717, 1.165) is 0 Å². The van der Waals surface area contributed by atoms with Crippen LogP contribution >= 0.6 is 23.5 Å². The summed E-state index contributed by atoms with van der Waals surface area (Å²) in [5.41, 5.74) is 0. The van der Waals surface area contributed by atoms with Crippen LogP contribution < -0.4 is 0 Å². The van der Waals surface area contributed by atoms with Crippen LogP contribution in [0.25, 0.3) is 0 Å². The molecule has 0 aliphatic carbocycles. The molecule has 0 aromatic heterocycles. The first kappa shape index (κ1) is 16.5. The van der Waals surface area contributed by atoms with E-state index in [1.165, 1.54) is 56.5 Å². The molecular formula is C12H28S2Sn. The van der Waals surface area contributed by atoms with Crippen molar-refractivity contribution in [3.63, 3.8) is 0 Å². The van der Waals surface area contributed by atoms with Crippen LogP contribution in [0, 0.1) is 0 Å². The van der Waals surface area contributed by atoms with E-state index in [0.29, 0.717) is 4.08 Å². The molecule has 0 saturated carbocycles. The first-order valence-corrected chi connectivity index (χ1v) is 8.08. The molecule has 0 atom stereocenters. The van der Waals surface area contributed by atoms with Gasteiger partial charge < -0.3 is 0 Å². The maximum absolute atomic E-state index is 2.31. The summed E-state index contributed by atoms with van der Waals surface area (Å²) in [5.74, 6) is 2.81. The Bertz CT molecular complexity index is 135. The van der Waals surface area contributed by atoms with E-state index < -0.39 is 0 Å². The molecule has 0 unspecified atom stereocenters. The molecule has 0 bridgehead atoms. The first-order chi connectivity index (χ1) is 6.83. The summed E-state index contributed by atoms with van der Waals surface area (Å²) < 4.78 is 0.615. The zero-order valence-electron chi connectivity index (χ0n) is 9.68. The minimum absolute atomic E-state index is 0. The molecule has 92 valence electrons. The molecule has 0 amide bonds. The Hall–Kier alpha value is 1.50. The molecule has 1 heterocycles. The normalized spacial score (nSPS) is 19.6. The van der Waals surface area contributed by atoms with Crippen molar-refractivity contribution >= 4 is 47.4 Å². The Morgan fingerprint density at radius 3 is 1.80 bits per heavy atom. The van der Waals surface area contributed by atoms with Gasteiger partial charge in [0.1, 0.15) is 0 Å². The summed E-state index contributed by atoms with van der Waals surface area (Å²) in [5, 5.41) is 0. The van der Waals surface area contributed by atoms with Gasteiger partial charge in [-0.25, -0.2) is 0 Å². The van der Waals surface area contributed by atoms with Gasteiger partial charge in [-0.05, 0) is 30.8 Å². The van der Waals surface area contributed by atoms with E-state index in [-0.39, 0.29) is 23.9 Å². The monoisotopic (exact) mass is 356 g/mol. The molecular weight excluding hydrogens is 327 g/mol. The number of unbranched alkanes of at least 4 members (excludes halogenated alkanes) is 2. The van der Waals surface area contributed by atoms with Gasteiger partial charge in [0.25, 0.3) is 0 Å². The summed E-state index contributed by atoms with van der Waals surface area (Å²) in [4.78, 5) is 0. The summed E-state index contributed by atoms with van der Waals surface area (Å²) >= 11 is 4.51. The van der Waals surface area contributed by atoms with E-state index in [9.17, 15) is 0 Å². The van der Waals surface area contributed by atoms with Crippen molar-refractivity contribution in [3.8, 4) is 0 Å². The van der Waals surface area contributed by atoms with Crippen molar-refractivity contribution in [2.45, 2.75) is 62.9 Å². The van der Waals surface area contributed by atoms with Crippen LogP contribution in [0.15, 0.2) is 0 Å². The molecule has 15 heavy (non-hydrogen) atoms. The van der Waals surface area contributed by atoms with E-state index >= 15 is 0 Å². The van der Waals surface area contributed by atoms with E-state index in [1.54, 1.807) is 0 Å². The van der Waals surface area contributed by atoms with Crippen molar-refractivity contribution in [1.29, 1.82) is 0 Å². The predicted octanol–water partition coefficient (Wildman–Crippen LogP) is 3.48. The van der Waals surface area contributed by atoms with Crippen molar-refractivity contribution in [3.05, 3.63) is 0 Å². The Kier molecular flexibility index (Phi) is 10.5. The standard InChI is InChI=1S/C12H24S2.Sn.4H/c1-3-5-8-12(9-6-4-2)13-10-7-11-14-12;;;;;/h3-11H2,1-2H3;;;;;. The van der Waals surface area contributed by atoms with Crippen LogP contribution in [0.1, 0.15) is 58.8 Å². The predicted molar refractivity (Wildman–Crippen MR) is 82.6 cm³/mol. The van der Waals surface area contributed by atoms with Gasteiger partial charge >= 0.3 is 23.9 Å². The van der Waals surface area contributed by atoms with Gasteiger partial charge in [0.2, 0.25) is 0 Å². The molecule has 3 heteroatoms. The Morgan fingerprint density at radius 1 is 0.933 bits per heavy atom. The summed E-state index contributed by atoms with van der Waals surface area (Å²) in [6.45, 7) is 4.62. The van der Waals surface area contributed by atoms with Crippen LogP contribution in [-0.2, 0) is 0 Å². The zero-order valence-corrected chi connectivity index (χ0v) is 11.3. The molecule has 1 fully saturated rings. The molecule has 0 N–H and O–H groups in total. The number of hydrogen-bond donors (Lipinski definition) is 0. The summed E-state index contributed by atoms with van der Waals surface area (Å²) in [6.07, 6.45) is 9.87. The first-order valence-electron chi connectivity index (χ1n) is 6.11. The second-order valence-electron chi connectivity index (χ2n) is 4.17. The molecule has 1 aliphatic heterocycles. The van der Waals surface area contributed by atoms with Gasteiger partial charge in [-0.2, -0.15) is 0 Å². The molecule has 0 radical (unpaired) electrons. The second-order valence-corrected chi connectivity index (χ2v) is 7.38. The van der Waals surface area contributed by atoms with Gasteiger partial charge in [-0.1, -0.05) is 39.5 Å². The topological polar surface area (TPSA) is 0 Å². The quantitative estimate of drug-likeness (QED) is 0.669. The molecule has 1 rings (SSSR count). The van der Waals surface area contributed by atoms with E-state index in [1.807, 2.05) is 0 Å². The third kappa shape index (κ3) is 6.11. The van der Waals surface area contributed by atoms with Crippen LogP contribution in [-0.4, -0.2) is 39.5 Å². The zero-order chi connectivity index (χ0) is 10.3. The van der Waals surface area contributed by atoms with Crippen LogP contribution in [0.4, 0.5) is 0 Å². The Morgan fingerprint density at radius 2 is 1.40 bits per heavy atom. The fourth-order valence-electron chi connectivity index (χ4n) is 1.92. The molecule has 1 aliphatic rings. The molecule has 0 aromatic rings. The van der Waals surface area contributed by atoms with Gasteiger partial charge in [0, 0.05) is 0 Å². The second kappa shape index (κ2) is 9.52. The summed E-state index contributed by atoms with van der Waals surface area (Å²) in [7, 11) is 0. The number of rotatable bonds is 6. The van der Waals surface area contributed by atoms with Gasteiger partial charge in [-0.3, -0.25) is 0 Å². The average molecular weight is 355 g/mol. The molecule has 0 nitrogen and oxygen atoms in total. The molecule has 1 saturated heterocycles.